The van der Waals surface area contributed by atoms with Gasteiger partial charge in [0.05, 0.1) is 0 Å². The second kappa shape index (κ2) is 5.13. The van der Waals surface area contributed by atoms with Gasteiger partial charge in [0.2, 0.25) is 5.95 Å². The molecule has 0 fully saturated rings. The first-order valence-electron chi connectivity index (χ1n) is 5.39. The zero-order valence-corrected chi connectivity index (χ0v) is 9.71. The van der Waals surface area contributed by atoms with E-state index in [1.807, 2.05) is 18.2 Å². The Morgan fingerprint density at radius 2 is 2.06 bits per heavy atom. The minimum atomic E-state index is -0.400. The normalized spacial score (nSPS) is 10.0. The molecular formula is C12H13N5O. The molecule has 2 rings (SSSR count). The fourth-order valence-electron chi connectivity index (χ4n) is 1.46. The Morgan fingerprint density at radius 1 is 1.33 bits per heavy atom. The number of hydrogen-bond acceptors (Lipinski definition) is 5. The lowest BCUT2D eigenvalue weighted by Gasteiger charge is -2.08. The summed E-state index contributed by atoms with van der Waals surface area (Å²) in [4.78, 5) is 12.0. The molecule has 3 N–H and O–H groups in total. The fourth-order valence-corrected chi connectivity index (χ4v) is 1.46. The van der Waals surface area contributed by atoms with E-state index in [4.69, 9.17) is 5.84 Å². The van der Waals surface area contributed by atoms with Crippen LogP contribution in [0.1, 0.15) is 0 Å². The average molecular weight is 243 g/mol. The molecule has 0 aliphatic rings. The van der Waals surface area contributed by atoms with Crippen molar-refractivity contribution in [3.05, 3.63) is 53.3 Å². The maximum absolute atomic E-state index is 12.0. The zero-order valence-electron chi connectivity index (χ0n) is 9.71. The van der Waals surface area contributed by atoms with Crippen LogP contribution < -0.4 is 16.7 Å². The number of rotatable bonds is 4. The van der Waals surface area contributed by atoms with Crippen molar-refractivity contribution >= 4 is 5.95 Å². The monoisotopic (exact) mass is 243 g/mol. The van der Waals surface area contributed by atoms with Gasteiger partial charge in [-0.25, -0.2) is 0 Å². The van der Waals surface area contributed by atoms with E-state index < -0.39 is 5.56 Å². The summed E-state index contributed by atoms with van der Waals surface area (Å²) in [5.74, 6) is 5.87. The predicted molar refractivity (Wildman–Crippen MR) is 70.6 cm³/mol. The van der Waals surface area contributed by atoms with E-state index >= 15 is 0 Å². The van der Waals surface area contributed by atoms with Gasteiger partial charge in [0.15, 0.2) is 5.69 Å². The third-order valence-corrected chi connectivity index (χ3v) is 2.35. The molecule has 0 atom stereocenters. The van der Waals surface area contributed by atoms with Crippen molar-refractivity contribution < 1.29 is 0 Å². The average Bonchev–Trinajstić information content (AvgIpc) is 2.41. The van der Waals surface area contributed by atoms with Gasteiger partial charge in [-0.05, 0) is 0 Å². The maximum atomic E-state index is 12.0. The SMILES string of the molecule is C=CCNc1nnc(-c2ccccc2)c(=O)n1N. The summed E-state index contributed by atoms with van der Waals surface area (Å²) in [6, 6.07) is 9.06. The second-order valence-corrected chi connectivity index (χ2v) is 3.58. The number of nitrogen functional groups attached to an aromatic ring is 1. The smallest absolute Gasteiger partial charge is 0.300 e. The van der Waals surface area contributed by atoms with Crippen LogP contribution in [0.2, 0.25) is 0 Å². The number of anilines is 1. The largest absolute Gasteiger partial charge is 0.349 e. The van der Waals surface area contributed by atoms with Gasteiger partial charge in [-0.15, -0.1) is 16.8 Å². The molecule has 0 spiro atoms. The summed E-state index contributed by atoms with van der Waals surface area (Å²) in [7, 11) is 0. The molecule has 0 aliphatic heterocycles. The van der Waals surface area contributed by atoms with E-state index in [-0.39, 0.29) is 11.6 Å². The van der Waals surface area contributed by atoms with Crippen LogP contribution in [0.25, 0.3) is 11.3 Å². The van der Waals surface area contributed by atoms with E-state index in [1.165, 1.54) is 0 Å². The maximum Gasteiger partial charge on any atom is 0.300 e. The van der Waals surface area contributed by atoms with Crippen LogP contribution in [0.15, 0.2) is 47.8 Å². The third kappa shape index (κ3) is 2.22. The van der Waals surface area contributed by atoms with Crippen molar-refractivity contribution in [2.75, 3.05) is 17.7 Å². The lowest BCUT2D eigenvalue weighted by molar-refractivity contribution is 0.833. The highest BCUT2D eigenvalue weighted by atomic mass is 16.1. The molecule has 6 heteroatoms. The Kier molecular flexibility index (Phi) is 3.38. The Bertz CT molecular complexity index is 606. The highest BCUT2D eigenvalue weighted by Gasteiger charge is 2.10. The van der Waals surface area contributed by atoms with E-state index in [0.717, 1.165) is 4.68 Å². The number of hydrogen-bond donors (Lipinski definition) is 2. The molecule has 0 bridgehead atoms. The molecule has 0 radical (unpaired) electrons. The summed E-state index contributed by atoms with van der Waals surface area (Å²) in [6.45, 7) is 4.01. The standard InChI is InChI=1S/C12H13N5O/c1-2-8-14-12-16-15-10(11(18)17(12)13)9-6-4-3-5-7-9/h2-7H,1,8,13H2,(H,14,16). The Hall–Kier alpha value is -2.63. The molecule has 0 aliphatic carbocycles. The molecule has 0 saturated carbocycles. The molecule has 18 heavy (non-hydrogen) atoms. The summed E-state index contributed by atoms with van der Waals surface area (Å²) < 4.78 is 0.943. The molecule has 0 saturated heterocycles. The number of nitrogens with zero attached hydrogens (tertiary/aromatic N) is 3. The van der Waals surface area contributed by atoms with Crippen molar-refractivity contribution in [1.29, 1.82) is 0 Å². The highest BCUT2D eigenvalue weighted by Crippen LogP contribution is 2.11. The first-order chi connectivity index (χ1) is 8.74. The first-order valence-corrected chi connectivity index (χ1v) is 5.39. The lowest BCUT2D eigenvalue weighted by Crippen LogP contribution is -2.33. The van der Waals surface area contributed by atoms with Crippen LogP contribution in [0, 0.1) is 0 Å². The van der Waals surface area contributed by atoms with E-state index in [0.29, 0.717) is 12.1 Å². The van der Waals surface area contributed by atoms with Crippen molar-refractivity contribution in [3.63, 3.8) is 0 Å². The van der Waals surface area contributed by atoms with Crippen LogP contribution in [-0.2, 0) is 0 Å². The summed E-state index contributed by atoms with van der Waals surface area (Å²) >= 11 is 0. The molecule has 2 aromatic rings. The van der Waals surface area contributed by atoms with Gasteiger partial charge >= 0.3 is 0 Å². The van der Waals surface area contributed by atoms with Crippen LogP contribution in [0.4, 0.5) is 5.95 Å². The molecule has 0 unspecified atom stereocenters. The topological polar surface area (TPSA) is 85.8 Å². The Morgan fingerprint density at radius 3 is 2.72 bits per heavy atom. The Balaban J connectivity index is 2.44. The summed E-state index contributed by atoms with van der Waals surface area (Å²) in [6.07, 6.45) is 1.64. The van der Waals surface area contributed by atoms with Gasteiger partial charge in [0.1, 0.15) is 0 Å². The molecule has 1 aromatic heterocycles. The molecule has 1 heterocycles. The van der Waals surface area contributed by atoms with Crippen LogP contribution in [0.3, 0.4) is 0 Å². The van der Waals surface area contributed by atoms with E-state index in [2.05, 4.69) is 22.1 Å². The number of nitrogens with one attached hydrogen (secondary N) is 1. The number of benzene rings is 1. The molecule has 6 nitrogen and oxygen atoms in total. The quantitative estimate of drug-likeness (QED) is 0.607. The van der Waals surface area contributed by atoms with Gasteiger partial charge in [-0.1, -0.05) is 36.4 Å². The molecule has 0 amide bonds. The van der Waals surface area contributed by atoms with Crippen LogP contribution in [-0.4, -0.2) is 21.4 Å². The Labute approximate surface area is 104 Å². The highest BCUT2D eigenvalue weighted by molar-refractivity contribution is 5.57. The lowest BCUT2D eigenvalue weighted by atomic mass is 10.2. The van der Waals surface area contributed by atoms with Gasteiger partial charge in [0.25, 0.3) is 5.56 Å². The van der Waals surface area contributed by atoms with Crippen LogP contribution in [0.5, 0.6) is 0 Å². The summed E-state index contributed by atoms with van der Waals surface area (Å²) in [5, 5.41) is 10.6. The first kappa shape index (κ1) is 11.8. The number of nitrogens with two attached hydrogens (primary N) is 1. The van der Waals surface area contributed by atoms with Gasteiger partial charge in [-0.3, -0.25) is 4.79 Å². The minimum Gasteiger partial charge on any atom is -0.349 e. The minimum absolute atomic E-state index is 0.208. The fraction of sp³-hybridized carbons (Fsp3) is 0.0833. The summed E-state index contributed by atoms with van der Waals surface area (Å²) in [5.41, 5.74) is 0.509. The number of aromatic nitrogens is 3. The van der Waals surface area contributed by atoms with Gasteiger partial charge in [-0.2, -0.15) is 4.68 Å². The van der Waals surface area contributed by atoms with Crippen LogP contribution >= 0.6 is 0 Å². The zero-order chi connectivity index (χ0) is 13.0. The predicted octanol–water partition coefficient (Wildman–Crippen LogP) is 0.617. The second-order valence-electron chi connectivity index (χ2n) is 3.58. The molecular weight excluding hydrogens is 230 g/mol. The van der Waals surface area contributed by atoms with E-state index in [9.17, 15) is 4.79 Å². The molecule has 1 aromatic carbocycles. The van der Waals surface area contributed by atoms with Crippen molar-refractivity contribution in [2.45, 2.75) is 0 Å². The van der Waals surface area contributed by atoms with Crippen molar-refractivity contribution in [1.82, 2.24) is 14.9 Å². The van der Waals surface area contributed by atoms with E-state index in [1.54, 1.807) is 18.2 Å². The van der Waals surface area contributed by atoms with Gasteiger partial charge in [0, 0.05) is 12.1 Å². The van der Waals surface area contributed by atoms with Crippen molar-refractivity contribution in [2.24, 2.45) is 0 Å². The van der Waals surface area contributed by atoms with Gasteiger partial charge < -0.3 is 11.2 Å². The third-order valence-electron chi connectivity index (χ3n) is 2.35. The molecule has 92 valence electrons. The van der Waals surface area contributed by atoms with Crippen molar-refractivity contribution in [3.8, 4) is 11.3 Å².